The van der Waals surface area contributed by atoms with E-state index in [0.29, 0.717) is 18.6 Å². The van der Waals surface area contributed by atoms with Crippen LogP contribution >= 0.6 is 0 Å². The highest BCUT2D eigenvalue weighted by Gasteiger charge is 2.38. The molecule has 1 heterocycles. The van der Waals surface area contributed by atoms with Gasteiger partial charge in [0, 0.05) is 24.2 Å². The van der Waals surface area contributed by atoms with Crippen LogP contribution in [0.4, 0.5) is 32.0 Å². The predicted molar refractivity (Wildman–Crippen MR) is 111 cm³/mol. The van der Waals surface area contributed by atoms with Gasteiger partial charge < -0.3 is 9.64 Å². The second-order valence-electron chi connectivity index (χ2n) is 7.70. The number of alkyl halides is 6. The van der Waals surface area contributed by atoms with Gasteiger partial charge in [0.2, 0.25) is 5.91 Å². The smallest absolute Gasteiger partial charge is 0.416 e. The average molecular weight is 502 g/mol. The Labute approximate surface area is 196 Å². The number of hydrogen-bond donors (Lipinski definition) is 0. The molecule has 1 aliphatic rings. The van der Waals surface area contributed by atoms with Crippen molar-refractivity contribution in [3.05, 3.63) is 64.7 Å². The fraction of sp³-hybridized carbons (Fsp3) is 0.348. The topological polar surface area (TPSA) is 66.9 Å². The minimum atomic E-state index is -5.13. The van der Waals surface area contributed by atoms with Crippen molar-refractivity contribution in [2.24, 2.45) is 0 Å². The second-order valence-corrected chi connectivity index (χ2v) is 7.70. The number of carbonyl (C=O) groups excluding carboxylic acids is 3. The molecule has 0 atom stereocenters. The normalized spacial score (nSPS) is 14.3. The Morgan fingerprint density at radius 3 is 1.97 bits per heavy atom. The molecule has 6 nitrogen and oxygen atoms in total. The van der Waals surface area contributed by atoms with E-state index in [-0.39, 0.29) is 42.8 Å². The minimum Gasteiger partial charge on any atom is -0.462 e. The molecule has 0 saturated carbocycles. The van der Waals surface area contributed by atoms with Crippen molar-refractivity contribution in [2.75, 3.05) is 24.7 Å². The highest BCUT2D eigenvalue weighted by atomic mass is 19.4. The summed E-state index contributed by atoms with van der Waals surface area (Å²) in [6.07, 6.45) is -9.57. The predicted octanol–water partition coefficient (Wildman–Crippen LogP) is 5.13. The second kappa shape index (κ2) is 9.96. The lowest BCUT2D eigenvalue weighted by atomic mass is 10.0. The molecule has 35 heavy (non-hydrogen) atoms. The molecule has 0 aromatic heterocycles. The number of halogens is 6. The number of anilines is 1. The first-order valence-corrected chi connectivity index (χ1v) is 10.5. The van der Waals surface area contributed by atoms with Gasteiger partial charge in [-0.2, -0.15) is 26.3 Å². The summed E-state index contributed by atoms with van der Waals surface area (Å²) in [5, 5.41) is 0. The third kappa shape index (κ3) is 6.11. The zero-order chi connectivity index (χ0) is 26.0. The minimum absolute atomic E-state index is 0.0636. The van der Waals surface area contributed by atoms with E-state index in [4.69, 9.17) is 4.74 Å². The Morgan fingerprint density at radius 1 is 0.943 bits per heavy atom. The van der Waals surface area contributed by atoms with Crippen LogP contribution in [0.1, 0.15) is 51.6 Å². The van der Waals surface area contributed by atoms with Crippen LogP contribution in [0.5, 0.6) is 0 Å². The van der Waals surface area contributed by atoms with Gasteiger partial charge in [-0.15, -0.1) is 0 Å². The Morgan fingerprint density at radius 2 is 1.51 bits per heavy atom. The van der Waals surface area contributed by atoms with Crippen LogP contribution in [0.15, 0.2) is 42.5 Å². The Kier molecular flexibility index (Phi) is 7.41. The van der Waals surface area contributed by atoms with E-state index in [2.05, 4.69) is 0 Å². The van der Waals surface area contributed by atoms with Gasteiger partial charge in [-0.25, -0.2) is 4.79 Å². The zero-order valence-electron chi connectivity index (χ0n) is 18.4. The Balaban J connectivity index is 2.06. The molecule has 0 spiro atoms. The number of hydrogen-bond acceptors (Lipinski definition) is 4. The third-order valence-electron chi connectivity index (χ3n) is 5.25. The van der Waals surface area contributed by atoms with Crippen LogP contribution in [-0.2, 0) is 21.9 Å². The van der Waals surface area contributed by atoms with E-state index in [1.165, 1.54) is 29.2 Å². The molecule has 1 saturated heterocycles. The largest absolute Gasteiger partial charge is 0.462 e. The van der Waals surface area contributed by atoms with E-state index in [0.717, 1.165) is 4.90 Å². The molecule has 1 aliphatic heterocycles. The highest BCUT2D eigenvalue weighted by Crippen LogP contribution is 2.37. The Hall–Kier alpha value is -3.57. The molecule has 0 bridgehead atoms. The summed E-state index contributed by atoms with van der Waals surface area (Å²) >= 11 is 0. The molecule has 1 fully saturated rings. The summed E-state index contributed by atoms with van der Waals surface area (Å²) in [6.45, 7) is 1.58. The molecular formula is C23H20F6N2O4. The fourth-order valence-electron chi connectivity index (χ4n) is 3.51. The quantitative estimate of drug-likeness (QED) is 0.406. The lowest BCUT2D eigenvalue weighted by Gasteiger charge is -2.28. The number of nitrogens with zero attached hydrogens (tertiary/aromatic N) is 2. The van der Waals surface area contributed by atoms with Gasteiger partial charge in [0.15, 0.2) is 0 Å². The fourth-order valence-corrected chi connectivity index (χ4v) is 3.51. The van der Waals surface area contributed by atoms with E-state index in [1.807, 2.05) is 0 Å². The maximum Gasteiger partial charge on any atom is 0.416 e. The van der Waals surface area contributed by atoms with E-state index in [9.17, 15) is 40.7 Å². The zero-order valence-corrected chi connectivity index (χ0v) is 18.4. The van der Waals surface area contributed by atoms with Crippen molar-refractivity contribution in [2.45, 2.75) is 32.1 Å². The molecule has 2 aromatic carbocycles. The van der Waals surface area contributed by atoms with Crippen LogP contribution in [0.2, 0.25) is 0 Å². The van der Waals surface area contributed by atoms with Crippen molar-refractivity contribution in [1.29, 1.82) is 0 Å². The standard InChI is InChI=1S/C23H20F6N2O4/c1-2-35-21(34)14-5-7-18(8-6-14)31(13-30-9-3-4-19(30)32)20(33)15-10-16(22(24,25)26)12-17(11-15)23(27,28)29/h5-8,10-12H,2-4,9,13H2,1H3. The average Bonchev–Trinajstić information content (AvgIpc) is 3.20. The van der Waals surface area contributed by atoms with Gasteiger partial charge in [-0.1, -0.05) is 0 Å². The van der Waals surface area contributed by atoms with Crippen LogP contribution in [0.3, 0.4) is 0 Å². The number of rotatable bonds is 6. The first-order valence-electron chi connectivity index (χ1n) is 10.5. The maximum absolute atomic E-state index is 13.3. The summed E-state index contributed by atoms with van der Waals surface area (Å²) in [6, 6.07) is 5.79. The molecule has 2 aromatic rings. The molecule has 2 amide bonds. The highest BCUT2D eigenvalue weighted by molar-refractivity contribution is 6.06. The molecule has 0 unspecified atom stereocenters. The summed E-state index contributed by atoms with van der Waals surface area (Å²) in [5.41, 5.74) is -3.93. The van der Waals surface area contributed by atoms with Crippen molar-refractivity contribution in [1.82, 2.24) is 4.90 Å². The van der Waals surface area contributed by atoms with Crippen molar-refractivity contribution < 1.29 is 45.5 Å². The van der Waals surface area contributed by atoms with Gasteiger partial charge in [0.05, 0.1) is 23.3 Å². The number of carbonyl (C=O) groups is 3. The molecule has 0 radical (unpaired) electrons. The van der Waals surface area contributed by atoms with E-state index >= 15 is 0 Å². The third-order valence-corrected chi connectivity index (χ3v) is 5.25. The first kappa shape index (κ1) is 26.0. The molecule has 12 heteroatoms. The van der Waals surface area contributed by atoms with E-state index < -0.39 is 47.6 Å². The molecule has 188 valence electrons. The van der Waals surface area contributed by atoms with Crippen molar-refractivity contribution >= 4 is 23.5 Å². The van der Waals surface area contributed by atoms with Gasteiger partial charge >= 0.3 is 18.3 Å². The van der Waals surface area contributed by atoms with Gasteiger partial charge in [0.25, 0.3) is 5.91 Å². The summed E-state index contributed by atoms with van der Waals surface area (Å²) in [5.74, 6) is -2.14. The monoisotopic (exact) mass is 502 g/mol. The molecule has 0 aliphatic carbocycles. The number of amides is 2. The number of likely N-dealkylation sites (tertiary alicyclic amines) is 1. The lowest BCUT2D eigenvalue weighted by Crippen LogP contribution is -2.42. The maximum atomic E-state index is 13.3. The first-order chi connectivity index (χ1) is 16.3. The van der Waals surface area contributed by atoms with Crippen molar-refractivity contribution in [3.8, 4) is 0 Å². The van der Waals surface area contributed by atoms with Crippen LogP contribution in [-0.4, -0.2) is 42.5 Å². The van der Waals surface area contributed by atoms with Crippen LogP contribution in [0, 0.1) is 0 Å². The lowest BCUT2D eigenvalue weighted by molar-refractivity contribution is -0.143. The van der Waals surface area contributed by atoms with Gasteiger partial charge in [0.1, 0.15) is 6.67 Å². The molecule has 0 N–H and O–H groups in total. The SMILES string of the molecule is CCOC(=O)c1ccc(N(CN2CCCC2=O)C(=O)c2cc(C(F)(F)F)cc(C(F)(F)F)c2)cc1. The molecule has 3 rings (SSSR count). The van der Waals surface area contributed by atoms with Crippen LogP contribution in [0.25, 0.3) is 0 Å². The number of esters is 1. The summed E-state index contributed by atoms with van der Waals surface area (Å²) in [4.78, 5) is 39.5. The van der Waals surface area contributed by atoms with Gasteiger partial charge in [-0.05, 0) is 55.8 Å². The van der Waals surface area contributed by atoms with E-state index in [1.54, 1.807) is 6.92 Å². The number of benzene rings is 2. The van der Waals surface area contributed by atoms with Crippen molar-refractivity contribution in [3.63, 3.8) is 0 Å². The van der Waals surface area contributed by atoms with Gasteiger partial charge in [-0.3, -0.25) is 14.5 Å². The summed E-state index contributed by atoms with van der Waals surface area (Å²) in [7, 11) is 0. The van der Waals surface area contributed by atoms with Crippen LogP contribution < -0.4 is 4.90 Å². The molecular weight excluding hydrogens is 482 g/mol. The Bertz CT molecular complexity index is 1080. The number of ether oxygens (including phenoxy) is 1. The summed E-state index contributed by atoms with van der Waals surface area (Å²) < 4.78 is 84.6.